The maximum atomic E-state index is 11.9. The third kappa shape index (κ3) is 6.60. The second-order valence-corrected chi connectivity index (χ2v) is 11.4. The molecule has 211 valence electrons. The van der Waals surface area contributed by atoms with Crippen molar-refractivity contribution < 1.29 is 36.2 Å². The Balaban J connectivity index is 0.000000184. The summed E-state index contributed by atoms with van der Waals surface area (Å²) in [6.45, 7) is 3.05. The Hall–Kier alpha value is -3.76. The van der Waals surface area contributed by atoms with Gasteiger partial charge in [0.25, 0.3) is 0 Å². The second-order valence-electron chi connectivity index (χ2n) is 9.42. The van der Waals surface area contributed by atoms with Gasteiger partial charge >= 0.3 is 0 Å². The molecule has 2 atom stereocenters. The fourth-order valence-electron chi connectivity index (χ4n) is 4.89. The van der Waals surface area contributed by atoms with Gasteiger partial charge in [-0.05, 0) is 47.2 Å². The molecule has 4 aliphatic rings. The number of allylic oxidation sites excluding steroid dienone is 10. The van der Waals surface area contributed by atoms with Gasteiger partial charge in [-0.2, -0.15) is 0 Å². The fraction of sp³-hybridized carbons (Fsp3) is 0.200. The Labute approximate surface area is 256 Å². The molecule has 2 aromatic heterocycles. The van der Waals surface area contributed by atoms with E-state index in [0.29, 0.717) is 24.0 Å². The van der Waals surface area contributed by atoms with Crippen molar-refractivity contribution in [3.05, 3.63) is 116 Å². The van der Waals surface area contributed by atoms with E-state index in [1.807, 2.05) is 47.2 Å². The minimum atomic E-state index is -0.0539. The number of nitrogens with one attached hydrogen (secondary N) is 2. The average Bonchev–Trinajstić information content (AvgIpc) is 3.74. The van der Waals surface area contributed by atoms with Crippen LogP contribution in [-0.4, -0.2) is 33.4 Å². The van der Waals surface area contributed by atoms with Crippen LogP contribution in [0.1, 0.15) is 48.5 Å². The van der Waals surface area contributed by atoms with Crippen molar-refractivity contribution in [2.24, 2.45) is 0 Å². The van der Waals surface area contributed by atoms with Gasteiger partial charge in [0.2, 0.25) is 11.8 Å². The van der Waals surface area contributed by atoms with Gasteiger partial charge in [0.1, 0.15) is 0 Å². The SMILES string of the molecule is CC(=O)N1N/C(=C2/C=CC=CC2=O)CC1c1cccs1.CC(=O)N1N/C(=C2/C=CC=CC2=O)CC1c1cccs1.[Mn]. The van der Waals surface area contributed by atoms with Crippen LogP contribution in [-0.2, 0) is 36.2 Å². The molecular formula is C30H28MnN4O4S2. The molecule has 2 N–H and O–H groups in total. The number of nitrogens with zero attached hydrogens (tertiary/aromatic N) is 2. The third-order valence-electron chi connectivity index (χ3n) is 6.78. The maximum absolute atomic E-state index is 11.9. The number of hydrogen-bond acceptors (Lipinski definition) is 8. The molecule has 2 unspecified atom stereocenters. The van der Waals surface area contributed by atoms with Crippen molar-refractivity contribution in [1.29, 1.82) is 0 Å². The van der Waals surface area contributed by atoms with Gasteiger partial charge in [-0.1, -0.05) is 36.4 Å². The number of thiophene rings is 2. The second kappa shape index (κ2) is 13.3. The summed E-state index contributed by atoms with van der Waals surface area (Å²) in [5, 5.41) is 7.20. The van der Waals surface area contributed by atoms with Crippen molar-refractivity contribution in [2.45, 2.75) is 38.8 Å². The molecule has 2 saturated heterocycles. The molecule has 8 nitrogen and oxygen atoms in total. The van der Waals surface area contributed by atoms with E-state index < -0.39 is 0 Å². The number of amides is 2. The zero-order chi connectivity index (χ0) is 28.2. The molecular weight excluding hydrogens is 599 g/mol. The standard InChI is InChI=1S/2C15H14N2O2S.Mn/c2*1-10(18)17-13(15-7-4-8-20-15)9-12(16-17)11-5-2-3-6-14(11)19;/h2*2-8,13,16H,9H2,1H3;/b2*12-11-;. The molecule has 11 heteroatoms. The molecule has 1 radical (unpaired) electrons. The molecule has 4 heterocycles. The normalized spacial score (nSPS) is 24.5. The summed E-state index contributed by atoms with van der Waals surface area (Å²) in [7, 11) is 0. The van der Waals surface area contributed by atoms with E-state index in [9.17, 15) is 19.2 Å². The first-order chi connectivity index (χ1) is 19.3. The number of hydrazine groups is 2. The van der Waals surface area contributed by atoms with E-state index in [-0.39, 0.29) is 52.5 Å². The summed E-state index contributed by atoms with van der Waals surface area (Å²) >= 11 is 3.23. The van der Waals surface area contributed by atoms with Crippen LogP contribution >= 0.6 is 22.7 Å². The minimum absolute atomic E-state index is 0. The summed E-state index contributed by atoms with van der Waals surface area (Å²) in [5.74, 6) is -0.153. The van der Waals surface area contributed by atoms with Gasteiger partial charge in [-0.15, -0.1) is 22.7 Å². The van der Waals surface area contributed by atoms with Gasteiger partial charge in [-0.3, -0.25) is 30.0 Å². The predicted octanol–water partition coefficient (Wildman–Crippen LogP) is 4.99. The molecule has 0 saturated carbocycles. The molecule has 2 fully saturated rings. The van der Waals surface area contributed by atoms with Crippen LogP contribution in [0.2, 0.25) is 0 Å². The fourth-order valence-corrected chi connectivity index (χ4v) is 6.53. The molecule has 6 rings (SSSR count). The van der Waals surface area contributed by atoms with Gasteiger partial charge < -0.3 is 0 Å². The third-order valence-corrected chi connectivity index (χ3v) is 8.72. The number of ketones is 2. The monoisotopic (exact) mass is 627 g/mol. The summed E-state index contributed by atoms with van der Waals surface area (Å²) < 4.78 is 0. The smallest absolute Gasteiger partial charge is 0.238 e. The van der Waals surface area contributed by atoms with Crippen LogP contribution in [0, 0.1) is 0 Å². The van der Waals surface area contributed by atoms with Crippen LogP contribution in [0.25, 0.3) is 0 Å². The Morgan fingerprint density at radius 1 is 0.707 bits per heavy atom. The topological polar surface area (TPSA) is 98.8 Å². The van der Waals surface area contributed by atoms with Crippen molar-refractivity contribution in [2.75, 3.05) is 0 Å². The number of rotatable bonds is 2. The molecule has 0 spiro atoms. The summed E-state index contributed by atoms with van der Waals surface area (Å²) in [6, 6.07) is 7.89. The average molecular weight is 628 g/mol. The Bertz CT molecular complexity index is 1400. The number of carbonyl (C=O) groups is 4. The van der Waals surface area contributed by atoms with Crippen LogP contribution in [0.15, 0.2) is 106 Å². The molecule has 2 amide bonds. The first-order valence-corrected chi connectivity index (χ1v) is 14.5. The molecule has 2 aliphatic heterocycles. The molecule has 2 aromatic rings. The van der Waals surface area contributed by atoms with Gasteiger partial charge in [0.15, 0.2) is 11.6 Å². The van der Waals surface area contributed by atoms with E-state index in [4.69, 9.17) is 0 Å². The van der Waals surface area contributed by atoms with Crippen LogP contribution in [0.4, 0.5) is 0 Å². The van der Waals surface area contributed by atoms with Crippen molar-refractivity contribution in [3.63, 3.8) is 0 Å². The van der Waals surface area contributed by atoms with Crippen molar-refractivity contribution in [1.82, 2.24) is 20.9 Å². The molecule has 0 aromatic carbocycles. The number of hydrogen-bond donors (Lipinski definition) is 2. The molecule has 2 aliphatic carbocycles. The van der Waals surface area contributed by atoms with Gasteiger partial charge in [-0.25, -0.2) is 10.0 Å². The van der Waals surface area contributed by atoms with Crippen LogP contribution in [0.5, 0.6) is 0 Å². The van der Waals surface area contributed by atoms with Gasteiger partial charge in [0, 0.05) is 76.1 Å². The maximum Gasteiger partial charge on any atom is 0.238 e. The van der Waals surface area contributed by atoms with E-state index in [0.717, 1.165) is 21.1 Å². The van der Waals surface area contributed by atoms with Crippen LogP contribution < -0.4 is 10.9 Å². The van der Waals surface area contributed by atoms with E-state index in [1.165, 1.54) is 13.8 Å². The van der Waals surface area contributed by atoms with Crippen molar-refractivity contribution in [3.8, 4) is 0 Å². The van der Waals surface area contributed by atoms with E-state index in [1.54, 1.807) is 69.1 Å². The molecule has 41 heavy (non-hydrogen) atoms. The van der Waals surface area contributed by atoms with E-state index in [2.05, 4.69) is 10.9 Å². The van der Waals surface area contributed by atoms with Gasteiger partial charge in [0.05, 0.1) is 12.1 Å². The first kappa shape index (κ1) is 30.2. The van der Waals surface area contributed by atoms with Crippen molar-refractivity contribution >= 4 is 46.1 Å². The van der Waals surface area contributed by atoms with Crippen LogP contribution in [0.3, 0.4) is 0 Å². The molecule has 0 bridgehead atoms. The largest absolute Gasteiger partial charge is 0.299 e. The zero-order valence-electron chi connectivity index (χ0n) is 22.4. The Morgan fingerprint density at radius 2 is 1.10 bits per heavy atom. The summed E-state index contributed by atoms with van der Waals surface area (Å²) in [4.78, 5) is 49.6. The number of carbonyl (C=O) groups excluding carboxylic acids is 4. The summed E-state index contributed by atoms with van der Waals surface area (Å²) in [5.41, 5.74) is 9.08. The Kier molecular flexibility index (Phi) is 9.77. The minimum Gasteiger partial charge on any atom is -0.299 e. The predicted molar refractivity (Wildman–Crippen MR) is 155 cm³/mol. The summed E-state index contributed by atoms with van der Waals surface area (Å²) in [6.07, 6.45) is 15.1. The first-order valence-electron chi connectivity index (χ1n) is 12.8. The quantitative estimate of drug-likeness (QED) is 0.360. The zero-order valence-corrected chi connectivity index (χ0v) is 25.2. The van der Waals surface area contributed by atoms with E-state index >= 15 is 0 Å². The Morgan fingerprint density at radius 3 is 1.41 bits per heavy atom.